The van der Waals surface area contributed by atoms with Crippen molar-refractivity contribution >= 4 is 35.8 Å². The second-order valence-corrected chi connectivity index (χ2v) is 14.6. The molecule has 0 spiro atoms. The molecule has 0 aromatic carbocycles. The van der Waals surface area contributed by atoms with Crippen molar-refractivity contribution in [2.45, 2.75) is 123 Å². The highest BCUT2D eigenvalue weighted by molar-refractivity contribution is 5.91. The fourth-order valence-electron chi connectivity index (χ4n) is 7.17. The van der Waals surface area contributed by atoms with E-state index in [9.17, 15) is 28.8 Å². The maximum absolute atomic E-state index is 13.7. The van der Waals surface area contributed by atoms with Gasteiger partial charge in [-0.05, 0) is 49.5 Å². The second-order valence-electron chi connectivity index (χ2n) is 14.6. The van der Waals surface area contributed by atoms with Crippen LogP contribution in [0.3, 0.4) is 0 Å². The lowest BCUT2D eigenvalue weighted by Crippen LogP contribution is -2.55. The Balaban J connectivity index is 2.86. The van der Waals surface area contributed by atoms with Crippen molar-refractivity contribution in [1.82, 2.24) is 24.9 Å². The molecule has 6 unspecified atom stereocenters. The number of amides is 5. The summed E-state index contributed by atoms with van der Waals surface area (Å²) in [6.45, 7) is 12.9. The number of ether oxygens (including phenoxy) is 2. The van der Waals surface area contributed by atoms with E-state index in [1.807, 2.05) is 32.6 Å². The minimum Gasteiger partial charge on any atom is -0.379 e. The van der Waals surface area contributed by atoms with Gasteiger partial charge >= 0.3 is 0 Å². The molecule has 1 heterocycles. The number of aldehydes is 1. The molecule has 1 saturated heterocycles. The molecule has 1 N–H and O–H groups in total. The summed E-state index contributed by atoms with van der Waals surface area (Å²) in [6.07, 6.45) is 7.23. The van der Waals surface area contributed by atoms with Crippen LogP contribution >= 0.6 is 0 Å². The Kier molecular flexibility index (Phi) is 20.9. The van der Waals surface area contributed by atoms with Gasteiger partial charge in [0.15, 0.2) is 0 Å². The van der Waals surface area contributed by atoms with E-state index in [-0.39, 0.29) is 72.9 Å². The highest BCUT2D eigenvalue weighted by Crippen LogP contribution is 2.29. The van der Waals surface area contributed by atoms with E-state index in [1.165, 1.54) is 15.9 Å². The number of nitrogens with one attached hydrogen (secondary N) is 1. The SMILES string of the molecule is CCC(C)C(C(CC(=O)N1CCCC1C(OC)C(C)C)OC)N(C)C(=O)CNC(=O)C(C(C)C)N(C)C(=O)CCCCCN(C)C(=O)/C=C\C=O. The minimum absolute atomic E-state index is 0.00194. The van der Waals surface area contributed by atoms with Gasteiger partial charge in [-0.3, -0.25) is 28.8 Å². The number of carbonyl (C=O) groups excluding carboxylic acids is 6. The zero-order valence-electron chi connectivity index (χ0n) is 33.2. The number of methoxy groups -OCH3 is 2. The summed E-state index contributed by atoms with van der Waals surface area (Å²) in [5.41, 5.74) is 0. The molecule has 5 amide bonds. The lowest BCUT2D eigenvalue weighted by atomic mass is 9.90. The first-order valence-electron chi connectivity index (χ1n) is 18.6. The van der Waals surface area contributed by atoms with Gasteiger partial charge in [0.05, 0.1) is 37.3 Å². The van der Waals surface area contributed by atoms with Gasteiger partial charge in [0, 0.05) is 60.9 Å². The van der Waals surface area contributed by atoms with Crippen molar-refractivity contribution < 1.29 is 38.2 Å². The number of hydrogen-bond donors (Lipinski definition) is 1. The summed E-state index contributed by atoms with van der Waals surface area (Å²) in [6, 6.07) is -1.18. The number of likely N-dealkylation sites (N-methyl/N-ethyl adjacent to an activating group) is 3. The summed E-state index contributed by atoms with van der Waals surface area (Å²) < 4.78 is 11.7. The molecule has 0 aliphatic carbocycles. The average molecular weight is 722 g/mol. The van der Waals surface area contributed by atoms with E-state index >= 15 is 0 Å². The van der Waals surface area contributed by atoms with Crippen molar-refractivity contribution in [2.24, 2.45) is 17.8 Å². The Labute approximate surface area is 306 Å². The number of unbranched alkanes of at least 4 members (excludes halogenated alkanes) is 2. The lowest BCUT2D eigenvalue weighted by molar-refractivity contribution is -0.145. The Hall–Kier alpha value is -3.32. The van der Waals surface area contributed by atoms with Crippen molar-refractivity contribution in [3.63, 3.8) is 0 Å². The Morgan fingerprint density at radius 1 is 0.902 bits per heavy atom. The minimum atomic E-state index is -0.770. The number of allylic oxidation sites excluding steroid dienone is 1. The van der Waals surface area contributed by atoms with Gasteiger partial charge in [-0.2, -0.15) is 0 Å². The van der Waals surface area contributed by atoms with Crippen LogP contribution in [0.25, 0.3) is 0 Å². The van der Waals surface area contributed by atoms with E-state index in [0.29, 0.717) is 38.6 Å². The van der Waals surface area contributed by atoms with Crippen LogP contribution in [-0.4, -0.2) is 141 Å². The molecular formula is C38H67N5O8. The number of hydrogen-bond acceptors (Lipinski definition) is 8. The third-order valence-corrected chi connectivity index (χ3v) is 10.3. The van der Waals surface area contributed by atoms with E-state index in [0.717, 1.165) is 25.3 Å². The van der Waals surface area contributed by atoms with E-state index in [2.05, 4.69) is 19.2 Å². The third-order valence-electron chi connectivity index (χ3n) is 10.3. The zero-order valence-corrected chi connectivity index (χ0v) is 33.2. The fourth-order valence-corrected chi connectivity index (χ4v) is 7.17. The molecule has 0 bridgehead atoms. The van der Waals surface area contributed by atoms with Crippen molar-refractivity contribution in [3.05, 3.63) is 12.2 Å². The van der Waals surface area contributed by atoms with Crippen molar-refractivity contribution in [1.29, 1.82) is 0 Å². The summed E-state index contributed by atoms with van der Waals surface area (Å²) in [7, 11) is 8.20. The topological polar surface area (TPSA) is 146 Å². The molecule has 1 aliphatic rings. The van der Waals surface area contributed by atoms with Gasteiger partial charge in [-0.1, -0.05) is 54.4 Å². The molecule has 0 aromatic rings. The van der Waals surface area contributed by atoms with Crippen LogP contribution in [-0.2, 0) is 38.2 Å². The predicted octanol–water partition coefficient (Wildman–Crippen LogP) is 3.30. The van der Waals surface area contributed by atoms with Crippen LogP contribution in [0.5, 0.6) is 0 Å². The maximum Gasteiger partial charge on any atom is 0.246 e. The first-order chi connectivity index (χ1) is 24.1. The molecule has 51 heavy (non-hydrogen) atoms. The first-order valence-corrected chi connectivity index (χ1v) is 18.6. The number of nitrogens with zero attached hydrogens (tertiary/aromatic N) is 4. The van der Waals surface area contributed by atoms with Crippen LogP contribution in [0.4, 0.5) is 0 Å². The van der Waals surface area contributed by atoms with Gasteiger partial charge in [-0.15, -0.1) is 0 Å². The summed E-state index contributed by atoms with van der Waals surface area (Å²) in [5.74, 6) is -1.12. The fraction of sp³-hybridized carbons (Fsp3) is 0.789. The third kappa shape index (κ3) is 14.0. The van der Waals surface area contributed by atoms with E-state index in [1.54, 1.807) is 40.3 Å². The monoisotopic (exact) mass is 721 g/mol. The van der Waals surface area contributed by atoms with Crippen LogP contribution in [0.1, 0.15) is 92.9 Å². The molecule has 1 aliphatic heterocycles. The van der Waals surface area contributed by atoms with Gasteiger partial charge in [0.1, 0.15) is 12.3 Å². The normalized spacial score (nSPS) is 17.6. The number of likely N-dealkylation sites (tertiary alicyclic amines) is 1. The Bertz CT molecular complexity index is 1160. The van der Waals surface area contributed by atoms with Gasteiger partial charge in [-0.25, -0.2) is 0 Å². The standard InChI is InChI=1S/C38H67N5O8/c1-12-28(6)36(30(50-10)24-33(47)43-22-16-18-29(43)37(51-11)27(4)5)42(9)34(48)25-39-38(49)35(26(2)3)41(8)32(46)19-14-13-15-21-40(7)31(45)20-17-23-44/h17,20,23,26-30,35-37H,12-16,18-19,21-22,24-25H2,1-11H3,(H,39,49)/b20-17-. The molecule has 0 saturated carbocycles. The molecule has 6 atom stereocenters. The second kappa shape index (κ2) is 23.3. The molecule has 13 nitrogen and oxygen atoms in total. The average Bonchev–Trinajstić information content (AvgIpc) is 3.57. The molecule has 1 rings (SSSR count). The van der Waals surface area contributed by atoms with Crippen LogP contribution in [0.2, 0.25) is 0 Å². The van der Waals surface area contributed by atoms with Crippen molar-refractivity contribution in [2.75, 3.05) is 55.0 Å². The molecular weight excluding hydrogens is 654 g/mol. The highest BCUT2D eigenvalue weighted by atomic mass is 16.5. The number of carbonyl (C=O) groups is 6. The zero-order chi connectivity index (χ0) is 38.8. The van der Waals surface area contributed by atoms with E-state index < -0.39 is 24.1 Å². The molecule has 292 valence electrons. The number of rotatable bonds is 23. The highest BCUT2D eigenvalue weighted by Gasteiger charge is 2.40. The molecule has 0 aromatic heterocycles. The summed E-state index contributed by atoms with van der Waals surface area (Å²) in [4.78, 5) is 82.6. The van der Waals surface area contributed by atoms with Gasteiger partial charge in [0.25, 0.3) is 0 Å². The van der Waals surface area contributed by atoms with Crippen LogP contribution in [0, 0.1) is 17.8 Å². The van der Waals surface area contributed by atoms with Gasteiger partial charge < -0.3 is 34.4 Å². The Morgan fingerprint density at radius 3 is 2.12 bits per heavy atom. The first kappa shape index (κ1) is 45.7. The van der Waals surface area contributed by atoms with E-state index in [4.69, 9.17) is 9.47 Å². The Morgan fingerprint density at radius 2 is 1.57 bits per heavy atom. The summed E-state index contributed by atoms with van der Waals surface area (Å²) in [5, 5.41) is 2.77. The van der Waals surface area contributed by atoms with Crippen molar-refractivity contribution in [3.8, 4) is 0 Å². The quantitative estimate of drug-likeness (QED) is 0.0962. The smallest absolute Gasteiger partial charge is 0.246 e. The summed E-state index contributed by atoms with van der Waals surface area (Å²) >= 11 is 0. The maximum atomic E-state index is 13.7. The lowest BCUT2D eigenvalue weighted by Gasteiger charge is -2.39. The predicted molar refractivity (Wildman–Crippen MR) is 198 cm³/mol. The van der Waals surface area contributed by atoms with Crippen LogP contribution < -0.4 is 5.32 Å². The largest absolute Gasteiger partial charge is 0.379 e. The molecule has 13 heteroatoms. The van der Waals surface area contributed by atoms with Crippen LogP contribution in [0.15, 0.2) is 12.2 Å². The molecule has 1 fully saturated rings. The molecule has 0 radical (unpaired) electrons. The van der Waals surface area contributed by atoms with Gasteiger partial charge in [0.2, 0.25) is 29.5 Å².